The van der Waals surface area contributed by atoms with Crippen LogP contribution < -0.4 is 5.32 Å². The summed E-state index contributed by atoms with van der Waals surface area (Å²) in [6, 6.07) is 5.26. The van der Waals surface area contributed by atoms with Crippen LogP contribution in [0.5, 0.6) is 0 Å². The van der Waals surface area contributed by atoms with Crippen molar-refractivity contribution in [1.82, 2.24) is 0 Å². The van der Waals surface area contributed by atoms with Crippen molar-refractivity contribution < 1.29 is 4.92 Å². The molecular formula is C13H17BrN2O2S. The second kappa shape index (κ2) is 5.71. The number of non-ortho nitro benzene ring substituents is 1. The highest BCUT2D eigenvalue weighted by Crippen LogP contribution is 2.36. The van der Waals surface area contributed by atoms with Crippen molar-refractivity contribution in [3.63, 3.8) is 0 Å². The first-order valence-electron chi connectivity index (χ1n) is 6.16. The highest BCUT2D eigenvalue weighted by atomic mass is 79.9. The molecular weight excluding hydrogens is 328 g/mol. The van der Waals surface area contributed by atoms with Crippen molar-refractivity contribution in [2.45, 2.75) is 26.3 Å². The van der Waals surface area contributed by atoms with Gasteiger partial charge in [-0.3, -0.25) is 10.1 Å². The number of nitro groups is 1. The fourth-order valence-corrected chi connectivity index (χ4v) is 4.06. The van der Waals surface area contributed by atoms with Gasteiger partial charge in [-0.1, -0.05) is 13.8 Å². The normalized spacial score (nSPS) is 21.9. The van der Waals surface area contributed by atoms with Crippen molar-refractivity contribution in [2.75, 3.05) is 16.8 Å². The molecule has 0 bridgehead atoms. The van der Waals surface area contributed by atoms with E-state index in [2.05, 4.69) is 35.1 Å². The Morgan fingerprint density at radius 1 is 1.53 bits per heavy atom. The molecule has 1 aromatic rings. The van der Waals surface area contributed by atoms with E-state index in [1.54, 1.807) is 12.1 Å². The smallest absolute Gasteiger partial charge is 0.270 e. The molecule has 0 saturated carbocycles. The maximum Gasteiger partial charge on any atom is 0.270 e. The van der Waals surface area contributed by atoms with Gasteiger partial charge in [0.2, 0.25) is 0 Å². The van der Waals surface area contributed by atoms with Crippen molar-refractivity contribution in [3.05, 3.63) is 32.8 Å². The summed E-state index contributed by atoms with van der Waals surface area (Å²) in [5, 5.41) is 14.2. The van der Waals surface area contributed by atoms with Gasteiger partial charge in [0.15, 0.2) is 0 Å². The zero-order chi connectivity index (χ0) is 14.0. The lowest BCUT2D eigenvalue weighted by Gasteiger charge is -2.35. The first kappa shape index (κ1) is 14.7. The Bertz CT molecular complexity index is 494. The van der Waals surface area contributed by atoms with E-state index in [4.69, 9.17) is 0 Å². The monoisotopic (exact) mass is 344 g/mol. The van der Waals surface area contributed by atoms with Crippen LogP contribution in [0.4, 0.5) is 11.4 Å². The Morgan fingerprint density at radius 3 is 2.84 bits per heavy atom. The third-order valence-corrected chi connectivity index (χ3v) is 5.41. The minimum absolute atomic E-state index is 0.107. The number of rotatable bonds is 3. The summed E-state index contributed by atoms with van der Waals surface area (Å²) in [4.78, 5) is 10.3. The van der Waals surface area contributed by atoms with Gasteiger partial charge in [0, 0.05) is 34.1 Å². The second-order valence-electron chi connectivity index (χ2n) is 5.65. The summed E-state index contributed by atoms with van der Waals surface area (Å²) in [6.45, 7) is 4.55. The molecule has 1 N–H and O–H groups in total. The number of nitrogens with one attached hydrogen (secondary N) is 1. The van der Waals surface area contributed by atoms with Crippen LogP contribution in [0.3, 0.4) is 0 Å². The largest absolute Gasteiger partial charge is 0.381 e. The average molecular weight is 345 g/mol. The third-order valence-electron chi connectivity index (χ3n) is 3.13. The fourth-order valence-electron chi connectivity index (χ4n) is 2.31. The van der Waals surface area contributed by atoms with Crippen LogP contribution in [-0.2, 0) is 0 Å². The van der Waals surface area contributed by atoms with Gasteiger partial charge in [-0.25, -0.2) is 0 Å². The third kappa shape index (κ3) is 3.86. The number of hydrogen-bond acceptors (Lipinski definition) is 4. The molecule has 1 unspecified atom stereocenters. The molecule has 0 amide bonds. The van der Waals surface area contributed by atoms with Crippen molar-refractivity contribution in [3.8, 4) is 0 Å². The maximum atomic E-state index is 10.7. The van der Waals surface area contributed by atoms with E-state index in [-0.39, 0.29) is 10.6 Å². The lowest BCUT2D eigenvalue weighted by Crippen LogP contribution is -2.35. The van der Waals surface area contributed by atoms with Gasteiger partial charge in [-0.2, -0.15) is 11.8 Å². The predicted molar refractivity (Wildman–Crippen MR) is 83.9 cm³/mol. The van der Waals surface area contributed by atoms with Crippen molar-refractivity contribution >= 4 is 39.1 Å². The Kier molecular flexibility index (Phi) is 4.40. The highest BCUT2D eigenvalue weighted by Gasteiger charge is 2.28. The number of hydrogen-bond donors (Lipinski definition) is 1. The Labute approximate surface area is 125 Å². The molecule has 1 aromatic carbocycles. The van der Waals surface area contributed by atoms with E-state index >= 15 is 0 Å². The Balaban J connectivity index is 2.09. The van der Waals surface area contributed by atoms with Crippen LogP contribution in [0.15, 0.2) is 22.7 Å². The molecule has 4 nitrogen and oxygen atoms in total. The Hall–Kier alpha value is -0.750. The molecule has 1 heterocycles. The molecule has 1 aliphatic heterocycles. The number of thioether (sulfide) groups is 1. The van der Waals surface area contributed by atoms with E-state index < -0.39 is 0 Å². The molecule has 1 atom stereocenters. The second-order valence-corrected chi connectivity index (χ2v) is 7.53. The molecule has 1 saturated heterocycles. The molecule has 2 rings (SSSR count). The van der Waals surface area contributed by atoms with Crippen LogP contribution >= 0.6 is 27.7 Å². The molecule has 0 radical (unpaired) electrons. The summed E-state index contributed by atoms with van der Waals surface area (Å²) < 4.78 is 0.745. The van der Waals surface area contributed by atoms with E-state index in [0.717, 1.165) is 22.3 Å². The molecule has 1 fully saturated rings. The maximum absolute atomic E-state index is 10.7. The van der Waals surface area contributed by atoms with Crippen LogP contribution in [-0.4, -0.2) is 22.5 Å². The SMILES string of the molecule is CC1(C)CSCC(Nc2ccc([N+](=O)[O-])cc2Br)C1. The molecule has 104 valence electrons. The van der Waals surface area contributed by atoms with Crippen LogP contribution in [0, 0.1) is 15.5 Å². The summed E-state index contributed by atoms with van der Waals surface area (Å²) in [7, 11) is 0. The lowest BCUT2D eigenvalue weighted by molar-refractivity contribution is -0.384. The number of halogens is 1. The molecule has 0 aromatic heterocycles. The van der Waals surface area contributed by atoms with Crippen LogP contribution in [0.2, 0.25) is 0 Å². The fraction of sp³-hybridized carbons (Fsp3) is 0.538. The summed E-state index contributed by atoms with van der Waals surface area (Å²) >= 11 is 5.35. The first-order valence-corrected chi connectivity index (χ1v) is 8.10. The van der Waals surface area contributed by atoms with Gasteiger partial charge >= 0.3 is 0 Å². The Morgan fingerprint density at radius 2 is 2.26 bits per heavy atom. The van der Waals surface area contributed by atoms with Gasteiger partial charge in [0.05, 0.1) is 4.92 Å². The van der Waals surface area contributed by atoms with E-state index in [9.17, 15) is 10.1 Å². The van der Waals surface area contributed by atoms with Gasteiger partial charge in [0.1, 0.15) is 0 Å². The molecule has 0 aliphatic carbocycles. The quantitative estimate of drug-likeness (QED) is 0.655. The number of nitro benzene ring substituents is 1. The van der Waals surface area contributed by atoms with Gasteiger partial charge < -0.3 is 5.32 Å². The summed E-state index contributed by atoms with van der Waals surface area (Å²) in [6.07, 6.45) is 1.11. The topological polar surface area (TPSA) is 55.2 Å². The van der Waals surface area contributed by atoms with Gasteiger partial charge in [0.25, 0.3) is 5.69 Å². The van der Waals surface area contributed by atoms with Crippen molar-refractivity contribution in [2.24, 2.45) is 5.41 Å². The molecule has 19 heavy (non-hydrogen) atoms. The van der Waals surface area contributed by atoms with E-state index in [1.165, 1.54) is 11.8 Å². The zero-order valence-electron chi connectivity index (χ0n) is 11.0. The summed E-state index contributed by atoms with van der Waals surface area (Å²) in [5.74, 6) is 2.26. The van der Waals surface area contributed by atoms with Crippen LogP contribution in [0.1, 0.15) is 20.3 Å². The highest BCUT2D eigenvalue weighted by molar-refractivity contribution is 9.10. The predicted octanol–water partition coefficient (Wildman–Crippen LogP) is 4.30. The molecule has 1 aliphatic rings. The van der Waals surface area contributed by atoms with Gasteiger partial charge in [-0.15, -0.1) is 0 Å². The number of benzene rings is 1. The van der Waals surface area contributed by atoms with E-state index in [0.29, 0.717) is 11.5 Å². The minimum Gasteiger partial charge on any atom is -0.381 e. The molecule has 0 spiro atoms. The molecule has 6 heteroatoms. The zero-order valence-corrected chi connectivity index (χ0v) is 13.4. The van der Waals surface area contributed by atoms with Gasteiger partial charge in [-0.05, 0) is 39.6 Å². The lowest BCUT2D eigenvalue weighted by atomic mass is 9.88. The average Bonchev–Trinajstić information content (AvgIpc) is 2.30. The number of anilines is 1. The van der Waals surface area contributed by atoms with Crippen molar-refractivity contribution in [1.29, 1.82) is 0 Å². The number of nitrogens with zero attached hydrogens (tertiary/aromatic N) is 1. The summed E-state index contributed by atoms with van der Waals surface area (Å²) in [5.41, 5.74) is 1.37. The van der Waals surface area contributed by atoms with Crippen LogP contribution in [0.25, 0.3) is 0 Å². The first-order chi connectivity index (χ1) is 8.87. The minimum atomic E-state index is -0.381. The standard InChI is InChI=1S/C13H17BrN2O2S/c1-13(2)6-9(7-19-8-13)15-12-4-3-10(16(17)18)5-11(12)14/h3-5,9,15H,6-8H2,1-2H3. The van der Waals surface area contributed by atoms with E-state index in [1.807, 2.05) is 11.8 Å².